The number of anilines is 1. The molecular formula is C15H14N4S. The molecule has 0 aliphatic rings. The van der Waals surface area contributed by atoms with Crippen LogP contribution in [0.25, 0.3) is 22.0 Å². The van der Waals surface area contributed by atoms with Gasteiger partial charge in [0, 0.05) is 24.4 Å². The topological polar surface area (TPSA) is 50.7 Å². The first-order chi connectivity index (χ1) is 9.79. The fraction of sp³-hybridized carbons (Fsp3) is 0.133. The van der Waals surface area contributed by atoms with Crippen molar-refractivity contribution in [2.75, 3.05) is 12.4 Å². The number of nitrogens with zero attached hydrogens (tertiary/aromatic N) is 3. The molecule has 0 spiro atoms. The van der Waals surface area contributed by atoms with E-state index >= 15 is 0 Å². The van der Waals surface area contributed by atoms with Crippen molar-refractivity contribution in [2.45, 2.75) is 6.92 Å². The molecular weight excluding hydrogens is 268 g/mol. The Morgan fingerprint density at radius 2 is 1.90 bits per heavy atom. The second-order valence-corrected chi connectivity index (χ2v) is 5.24. The van der Waals surface area contributed by atoms with Gasteiger partial charge < -0.3 is 5.32 Å². The predicted molar refractivity (Wildman–Crippen MR) is 82.9 cm³/mol. The summed E-state index contributed by atoms with van der Waals surface area (Å²) in [5, 5.41) is 3.14. The lowest BCUT2D eigenvalue weighted by Crippen LogP contribution is -2.02. The zero-order valence-electron chi connectivity index (χ0n) is 11.3. The van der Waals surface area contributed by atoms with Crippen LogP contribution >= 0.6 is 11.3 Å². The lowest BCUT2D eigenvalue weighted by Gasteiger charge is -2.11. The Bertz CT molecular complexity index is 708. The number of nitrogens with one attached hydrogen (secondary N) is 1. The van der Waals surface area contributed by atoms with Gasteiger partial charge in [-0.05, 0) is 6.92 Å². The monoisotopic (exact) mass is 282 g/mol. The highest BCUT2D eigenvalue weighted by atomic mass is 32.1. The average molecular weight is 282 g/mol. The van der Waals surface area contributed by atoms with E-state index in [1.165, 1.54) is 0 Å². The Hall–Kier alpha value is -2.27. The van der Waals surface area contributed by atoms with Crippen LogP contribution in [0.2, 0.25) is 0 Å². The summed E-state index contributed by atoms with van der Waals surface area (Å²) in [4.78, 5) is 14.3. The third kappa shape index (κ3) is 2.28. The summed E-state index contributed by atoms with van der Waals surface area (Å²) in [6.45, 7) is 2.03. The number of rotatable bonds is 3. The third-order valence-corrected chi connectivity index (χ3v) is 3.85. The molecule has 5 heteroatoms. The van der Waals surface area contributed by atoms with E-state index < -0.39 is 0 Å². The maximum atomic E-state index is 4.71. The number of benzene rings is 1. The Morgan fingerprint density at radius 3 is 2.55 bits per heavy atom. The minimum atomic E-state index is 0.710. The van der Waals surface area contributed by atoms with Crippen molar-refractivity contribution in [3.63, 3.8) is 0 Å². The quantitative estimate of drug-likeness (QED) is 0.797. The Labute approximate surface area is 121 Å². The number of aromatic nitrogens is 3. The number of hydrogen-bond donors (Lipinski definition) is 1. The van der Waals surface area contributed by atoms with E-state index in [4.69, 9.17) is 4.98 Å². The van der Waals surface area contributed by atoms with Gasteiger partial charge in [-0.25, -0.2) is 9.97 Å². The number of thiazole rings is 1. The summed E-state index contributed by atoms with van der Waals surface area (Å²) >= 11 is 1.54. The summed E-state index contributed by atoms with van der Waals surface area (Å²) < 4.78 is 0. The maximum absolute atomic E-state index is 4.71. The lowest BCUT2D eigenvalue weighted by molar-refractivity contribution is 1.14. The second-order valence-electron chi connectivity index (χ2n) is 4.35. The van der Waals surface area contributed by atoms with Crippen LogP contribution in [0, 0.1) is 6.92 Å². The summed E-state index contributed by atoms with van der Waals surface area (Å²) in [6, 6.07) is 10.2. The molecule has 1 N–H and O–H groups in total. The van der Waals surface area contributed by atoms with Crippen molar-refractivity contribution < 1.29 is 0 Å². The number of hydrogen-bond acceptors (Lipinski definition) is 5. The highest BCUT2D eigenvalue weighted by molar-refractivity contribution is 7.13. The smallest absolute Gasteiger partial charge is 0.173 e. The van der Waals surface area contributed by atoms with Crippen molar-refractivity contribution >= 4 is 17.2 Å². The standard InChI is InChI=1S/C15H14N4S/c1-10-13(11-6-4-3-5-7-11)18-15(19-14(10)16-2)12-8-17-9-20-12/h3-9H,1-2H3,(H,16,18,19). The van der Waals surface area contributed by atoms with Gasteiger partial charge in [0.2, 0.25) is 0 Å². The summed E-state index contributed by atoms with van der Waals surface area (Å²) in [7, 11) is 1.88. The van der Waals surface area contributed by atoms with Crippen LogP contribution < -0.4 is 5.32 Å². The van der Waals surface area contributed by atoms with Gasteiger partial charge in [0.05, 0.1) is 16.1 Å². The zero-order valence-corrected chi connectivity index (χ0v) is 12.1. The Kier molecular flexibility index (Phi) is 3.43. The van der Waals surface area contributed by atoms with Gasteiger partial charge in [-0.3, -0.25) is 4.98 Å². The van der Waals surface area contributed by atoms with Crippen LogP contribution in [-0.2, 0) is 0 Å². The molecule has 3 rings (SSSR count). The molecule has 100 valence electrons. The van der Waals surface area contributed by atoms with Crippen LogP contribution in [0.1, 0.15) is 5.56 Å². The van der Waals surface area contributed by atoms with Crippen molar-refractivity contribution in [1.29, 1.82) is 0 Å². The van der Waals surface area contributed by atoms with Gasteiger partial charge in [-0.15, -0.1) is 11.3 Å². The molecule has 0 radical (unpaired) electrons. The highest BCUT2D eigenvalue weighted by Crippen LogP contribution is 2.29. The first kappa shape index (κ1) is 12.7. The van der Waals surface area contributed by atoms with Crippen molar-refractivity contribution in [2.24, 2.45) is 0 Å². The molecule has 0 aliphatic carbocycles. The van der Waals surface area contributed by atoms with Crippen LogP contribution in [0.5, 0.6) is 0 Å². The lowest BCUT2D eigenvalue weighted by atomic mass is 10.1. The fourth-order valence-corrected chi connectivity index (χ4v) is 2.63. The van der Waals surface area contributed by atoms with Gasteiger partial charge in [0.25, 0.3) is 0 Å². The van der Waals surface area contributed by atoms with Crippen molar-refractivity contribution in [3.05, 3.63) is 47.6 Å². The van der Waals surface area contributed by atoms with Gasteiger partial charge in [-0.1, -0.05) is 30.3 Å². The van der Waals surface area contributed by atoms with Crippen LogP contribution in [-0.4, -0.2) is 22.0 Å². The van der Waals surface area contributed by atoms with E-state index in [0.717, 1.165) is 27.5 Å². The van der Waals surface area contributed by atoms with E-state index in [2.05, 4.69) is 27.4 Å². The molecule has 20 heavy (non-hydrogen) atoms. The minimum Gasteiger partial charge on any atom is -0.373 e. The second kappa shape index (κ2) is 5.38. The minimum absolute atomic E-state index is 0.710. The Morgan fingerprint density at radius 1 is 1.10 bits per heavy atom. The van der Waals surface area contributed by atoms with Gasteiger partial charge in [0.15, 0.2) is 5.82 Å². The summed E-state index contributed by atoms with van der Waals surface area (Å²) in [5.74, 6) is 1.56. The Balaban J connectivity index is 2.21. The zero-order chi connectivity index (χ0) is 13.9. The molecule has 0 saturated heterocycles. The predicted octanol–water partition coefficient (Wildman–Crippen LogP) is 3.62. The molecule has 0 unspecified atom stereocenters. The molecule has 1 aromatic carbocycles. The molecule has 0 fully saturated rings. The third-order valence-electron chi connectivity index (χ3n) is 3.08. The van der Waals surface area contributed by atoms with Crippen molar-refractivity contribution in [3.8, 4) is 22.0 Å². The molecule has 0 bridgehead atoms. The largest absolute Gasteiger partial charge is 0.373 e. The van der Waals surface area contributed by atoms with E-state index in [9.17, 15) is 0 Å². The summed E-state index contributed by atoms with van der Waals surface area (Å²) in [6.07, 6.45) is 1.80. The van der Waals surface area contributed by atoms with Gasteiger partial charge in [-0.2, -0.15) is 0 Å². The first-order valence-electron chi connectivity index (χ1n) is 6.30. The molecule has 0 saturated carbocycles. The first-order valence-corrected chi connectivity index (χ1v) is 7.18. The maximum Gasteiger partial charge on any atom is 0.173 e. The van der Waals surface area contributed by atoms with Crippen LogP contribution in [0.4, 0.5) is 5.82 Å². The van der Waals surface area contributed by atoms with E-state index in [-0.39, 0.29) is 0 Å². The molecule has 3 aromatic rings. The molecule has 2 aromatic heterocycles. The van der Waals surface area contributed by atoms with E-state index in [0.29, 0.717) is 5.82 Å². The average Bonchev–Trinajstić information content (AvgIpc) is 3.03. The molecule has 4 nitrogen and oxygen atoms in total. The SMILES string of the molecule is CNc1nc(-c2cncs2)nc(-c2ccccc2)c1C. The molecule has 0 amide bonds. The molecule has 0 atom stereocenters. The van der Waals surface area contributed by atoms with E-state index in [1.807, 2.05) is 32.2 Å². The fourth-order valence-electron chi connectivity index (χ4n) is 2.07. The van der Waals surface area contributed by atoms with Gasteiger partial charge in [0.1, 0.15) is 5.82 Å². The van der Waals surface area contributed by atoms with Crippen LogP contribution in [0.15, 0.2) is 42.0 Å². The normalized spacial score (nSPS) is 10.5. The highest BCUT2D eigenvalue weighted by Gasteiger charge is 2.13. The van der Waals surface area contributed by atoms with E-state index in [1.54, 1.807) is 23.0 Å². The summed E-state index contributed by atoms with van der Waals surface area (Å²) in [5.41, 5.74) is 4.88. The van der Waals surface area contributed by atoms with Gasteiger partial charge >= 0.3 is 0 Å². The van der Waals surface area contributed by atoms with Crippen LogP contribution in [0.3, 0.4) is 0 Å². The molecule has 0 aliphatic heterocycles. The van der Waals surface area contributed by atoms with Crippen molar-refractivity contribution in [1.82, 2.24) is 15.0 Å². The molecule has 2 heterocycles.